The zero-order valence-electron chi connectivity index (χ0n) is 16.2. The molecule has 3 heterocycles. The minimum absolute atomic E-state index is 0.00833. The van der Waals surface area contributed by atoms with Crippen LogP contribution < -0.4 is 11.3 Å². The molecule has 0 radical (unpaired) electrons. The first-order chi connectivity index (χ1) is 14.7. The fraction of sp³-hybridized carbons (Fsp3) is 0.238. The van der Waals surface area contributed by atoms with Crippen LogP contribution in [-0.4, -0.2) is 32.3 Å². The van der Waals surface area contributed by atoms with E-state index in [1.165, 1.54) is 36.7 Å². The molecule has 1 aromatic carbocycles. The quantitative estimate of drug-likeness (QED) is 0.664. The lowest BCUT2D eigenvalue weighted by molar-refractivity contribution is -0.137. The van der Waals surface area contributed by atoms with Gasteiger partial charge in [0.15, 0.2) is 0 Å². The largest absolute Gasteiger partial charge is 0.416 e. The Morgan fingerprint density at radius 2 is 1.90 bits per heavy atom. The van der Waals surface area contributed by atoms with Gasteiger partial charge < -0.3 is 15.6 Å². The van der Waals surface area contributed by atoms with Crippen molar-refractivity contribution in [2.24, 2.45) is 0 Å². The highest BCUT2D eigenvalue weighted by Crippen LogP contribution is 2.38. The van der Waals surface area contributed by atoms with Crippen LogP contribution in [0, 0.1) is 0 Å². The van der Waals surface area contributed by atoms with E-state index in [9.17, 15) is 22.8 Å². The van der Waals surface area contributed by atoms with Gasteiger partial charge in [-0.2, -0.15) is 13.2 Å². The summed E-state index contributed by atoms with van der Waals surface area (Å²) in [5.41, 5.74) is 6.51. The van der Waals surface area contributed by atoms with Crippen LogP contribution in [0.4, 0.5) is 19.1 Å². The number of benzene rings is 1. The van der Waals surface area contributed by atoms with Gasteiger partial charge in [-0.15, -0.1) is 0 Å². The Kier molecular flexibility index (Phi) is 5.22. The fourth-order valence-electron chi connectivity index (χ4n) is 3.73. The Hall–Kier alpha value is -3.69. The van der Waals surface area contributed by atoms with Crippen molar-refractivity contribution in [3.8, 4) is 11.1 Å². The van der Waals surface area contributed by atoms with Gasteiger partial charge in [0, 0.05) is 30.6 Å². The van der Waals surface area contributed by atoms with E-state index >= 15 is 0 Å². The monoisotopic (exact) mass is 429 g/mol. The third-order valence-corrected chi connectivity index (χ3v) is 5.22. The molecule has 1 atom stereocenters. The Morgan fingerprint density at radius 3 is 2.55 bits per heavy atom. The summed E-state index contributed by atoms with van der Waals surface area (Å²) >= 11 is 0. The summed E-state index contributed by atoms with van der Waals surface area (Å²) in [6.07, 6.45) is -0.300. The maximum absolute atomic E-state index is 13.0. The van der Waals surface area contributed by atoms with Crippen LogP contribution in [-0.2, 0) is 6.18 Å². The minimum Gasteiger partial charge on any atom is -0.368 e. The normalized spacial score (nSPS) is 16.5. The molecule has 3 N–H and O–H groups in total. The predicted octanol–water partition coefficient (Wildman–Crippen LogP) is 3.41. The molecule has 1 aliphatic rings. The summed E-state index contributed by atoms with van der Waals surface area (Å²) in [6, 6.07) is 6.98. The van der Waals surface area contributed by atoms with Crippen LogP contribution in [0.25, 0.3) is 11.1 Å². The number of carbonyl (C=O) groups is 1. The number of nitrogen functional groups attached to an aromatic ring is 1. The van der Waals surface area contributed by atoms with Crippen molar-refractivity contribution in [3.05, 3.63) is 76.0 Å². The lowest BCUT2D eigenvalue weighted by Crippen LogP contribution is -2.32. The summed E-state index contributed by atoms with van der Waals surface area (Å²) in [6.45, 7) is 0.471. The smallest absolute Gasteiger partial charge is 0.368 e. The van der Waals surface area contributed by atoms with E-state index in [0.717, 1.165) is 18.6 Å². The zero-order valence-corrected chi connectivity index (χ0v) is 16.2. The summed E-state index contributed by atoms with van der Waals surface area (Å²) < 4.78 is 38.8. The third-order valence-electron chi connectivity index (χ3n) is 5.22. The first-order valence-electron chi connectivity index (χ1n) is 9.54. The van der Waals surface area contributed by atoms with Crippen molar-refractivity contribution in [1.82, 2.24) is 19.9 Å². The number of H-pyrrole nitrogens is 1. The number of rotatable bonds is 3. The number of likely N-dealkylation sites (tertiary alicyclic amines) is 1. The topological polar surface area (TPSA) is 105 Å². The molecular formula is C21H18F3N5O2. The molecule has 10 heteroatoms. The van der Waals surface area contributed by atoms with Gasteiger partial charge >= 0.3 is 6.18 Å². The Balaban J connectivity index is 1.72. The number of amides is 1. The number of aromatic amines is 1. The first-order valence-corrected chi connectivity index (χ1v) is 9.54. The number of pyridine rings is 1. The molecule has 0 aliphatic carbocycles. The molecule has 1 amide bonds. The number of halogens is 3. The zero-order chi connectivity index (χ0) is 22.2. The van der Waals surface area contributed by atoms with Crippen molar-refractivity contribution in [1.29, 1.82) is 0 Å². The Labute approximate surface area is 174 Å². The second-order valence-electron chi connectivity index (χ2n) is 7.20. The molecule has 0 saturated carbocycles. The highest BCUT2D eigenvalue weighted by atomic mass is 19.4. The maximum Gasteiger partial charge on any atom is 0.416 e. The van der Waals surface area contributed by atoms with Crippen LogP contribution >= 0.6 is 0 Å². The molecule has 160 valence electrons. The number of alkyl halides is 3. The number of anilines is 1. The van der Waals surface area contributed by atoms with Crippen molar-refractivity contribution in [3.63, 3.8) is 0 Å². The molecule has 3 aromatic rings. The van der Waals surface area contributed by atoms with Crippen molar-refractivity contribution < 1.29 is 18.0 Å². The minimum atomic E-state index is -4.44. The lowest BCUT2D eigenvalue weighted by atomic mass is 9.98. The molecular weight excluding hydrogens is 411 g/mol. The second kappa shape index (κ2) is 7.86. The van der Waals surface area contributed by atoms with Gasteiger partial charge in [0.25, 0.3) is 5.91 Å². The molecule has 1 unspecified atom stereocenters. The molecule has 1 fully saturated rings. The number of nitrogens with zero attached hydrogens (tertiary/aromatic N) is 3. The van der Waals surface area contributed by atoms with Gasteiger partial charge in [-0.1, -0.05) is 12.1 Å². The van der Waals surface area contributed by atoms with Crippen LogP contribution in [0.3, 0.4) is 0 Å². The van der Waals surface area contributed by atoms with E-state index in [4.69, 9.17) is 5.73 Å². The van der Waals surface area contributed by atoms with E-state index < -0.39 is 17.8 Å². The van der Waals surface area contributed by atoms with Gasteiger partial charge in [0.1, 0.15) is 0 Å². The van der Waals surface area contributed by atoms with Crippen molar-refractivity contribution in [2.45, 2.75) is 25.1 Å². The number of nitrogens with two attached hydrogens (primary N) is 1. The van der Waals surface area contributed by atoms with Gasteiger partial charge in [-0.3, -0.25) is 9.59 Å². The number of aromatic nitrogens is 3. The molecule has 0 bridgehead atoms. The van der Waals surface area contributed by atoms with Gasteiger partial charge in [-0.05, 0) is 36.6 Å². The SMILES string of the molecule is Nc1ncc(-c2ccc(C(F)(F)F)cc2)c(C2CCCN2C(=O)c2ccc(=O)[nH]c2)n1. The number of hydrogen-bond donors (Lipinski definition) is 2. The molecule has 4 rings (SSSR count). The summed E-state index contributed by atoms with van der Waals surface area (Å²) in [4.78, 5) is 36.8. The van der Waals surface area contributed by atoms with Crippen molar-refractivity contribution >= 4 is 11.9 Å². The average molecular weight is 429 g/mol. The average Bonchev–Trinajstić information content (AvgIpc) is 3.23. The van der Waals surface area contributed by atoms with E-state index in [-0.39, 0.29) is 17.4 Å². The standard InChI is InChI=1S/C21H18F3N5O2/c22-21(23,24)14-6-3-12(4-7-14)15-11-27-20(25)28-18(15)16-2-1-9-29(16)19(31)13-5-8-17(30)26-10-13/h3-8,10-11,16H,1-2,9H2,(H,26,30)(H2,25,27,28). The van der Waals surface area contributed by atoms with Crippen LogP contribution in [0.2, 0.25) is 0 Å². The Morgan fingerprint density at radius 1 is 1.16 bits per heavy atom. The summed E-state index contributed by atoms with van der Waals surface area (Å²) in [5.74, 6) is -0.275. The maximum atomic E-state index is 13.0. The number of hydrogen-bond acceptors (Lipinski definition) is 5. The highest BCUT2D eigenvalue weighted by Gasteiger charge is 2.34. The summed E-state index contributed by atoms with van der Waals surface area (Å²) in [7, 11) is 0. The highest BCUT2D eigenvalue weighted by molar-refractivity contribution is 5.94. The first kappa shape index (κ1) is 20.6. The molecule has 31 heavy (non-hydrogen) atoms. The predicted molar refractivity (Wildman–Crippen MR) is 107 cm³/mol. The van der Waals surface area contributed by atoms with E-state index in [0.29, 0.717) is 35.3 Å². The van der Waals surface area contributed by atoms with Gasteiger partial charge in [-0.25, -0.2) is 9.97 Å². The van der Waals surface area contributed by atoms with Crippen molar-refractivity contribution in [2.75, 3.05) is 12.3 Å². The van der Waals surface area contributed by atoms with E-state index in [2.05, 4.69) is 15.0 Å². The second-order valence-corrected chi connectivity index (χ2v) is 7.20. The van der Waals surface area contributed by atoms with Crippen LogP contribution in [0.15, 0.2) is 53.6 Å². The van der Waals surface area contributed by atoms with Crippen LogP contribution in [0.5, 0.6) is 0 Å². The molecule has 2 aromatic heterocycles. The van der Waals surface area contributed by atoms with E-state index in [1.54, 1.807) is 4.90 Å². The molecule has 1 aliphatic heterocycles. The number of carbonyl (C=O) groups excluding carboxylic acids is 1. The fourth-order valence-corrected chi connectivity index (χ4v) is 3.73. The van der Waals surface area contributed by atoms with Gasteiger partial charge in [0.05, 0.1) is 22.9 Å². The van der Waals surface area contributed by atoms with Crippen LogP contribution in [0.1, 0.15) is 40.5 Å². The molecule has 0 spiro atoms. The molecule has 1 saturated heterocycles. The third kappa shape index (κ3) is 4.14. The lowest BCUT2D eigenvalue weighted by Gasteiger charge is -2.26. The summed E-state index contributed by atoms with van der Waals surface area (Å²) in [5, 5.41) is 0. The molecule has 7 nitrogen and oxygen atoms in total. The van der Waals surface area contributed by atoms with Gasteiger partial charge in [0.2, 0.25) is 11.5 Å². The Bertz CT molecular complexity index is 1150. The van der Waals surface area contributed by atoms with E-state index in [1.807, 2.05) is 0 Å². The number of nitrogens with one attached hydrogen (secondary N) is 1.